The molecular formula is C13H13ClN2. The highest BCUT2D eigenvalue weighted by molar-refractivity contribution is 6.33. The summed E-state index contributed by atoms with van der Waals surface area (Å²) < 4.78 is 0. The van der Waals surface area contributed by atoms with Crippen LogP contribution in [0, 0.1) is 13.8 Å². The smallest absolute Gasteiger partial charge is 0.0889 e. The molecule has 0 spiro atoms. The molecule has 0 unspecified atom stereocenters. The lowest BCUT2D eigenvalue weighted by molar-refractivity contribution is 1.30. The minimum absolute atomic E-state index is 0.581. The van der Waals surface area contributed by atoms with E-state index in [1.165, 1.54) is 11.1 Å². The molecule has 0 amide bonds. The first-order chi connectivity index (χ1) is 7.58. The first-order valence-corrected chi connectivity index (χ1v) is 5.44. The van der Waals surface area contributed by atoms with Gasteiger partial charge < -0.3 is 5.73 Å². The van der Waals surface area contributed by atoms with E-state index in [-0.39, 0.29) is 0 Å². The molecule has 1 heterocycles. The number of nitrogen functional groups attached to an aromatic ring is 1. The summed E-state index contributed by atoms with van der Waals surface area (Å²) in [6.07, 6.45) is 1.62. The molecule has 1 aromatic carbocycles. The van der Waals surface area contributed by atoms with E-state index in [1.54, 1.807) is 12.3 Å². The fourth-order valence-corrected chi connectivity index (χ4v) is 1.84. The highest BCUT2D eigenvalue weighted by Crippen LogP contribution is 2.28. The van der Waals surface area contributed by atoms with E-state index in [4.69, 9.17) is 17.3 Å². The molecule has 3 heteroatoms. The summed E-state index contributed by atoms with van der Waals surface area (Å²) >= 11 is 6.11. The van der Waals surface area contributed by atoms with E-state index >= 15 is 0 Å². The Hall–Kier alpha value is -1.54. The van der Waals surface area contributed by atoms with Crippen LogP contribution >= 0.6 is 11.6 Å². The Morgan fingerprint density at radius 2 is 1.88 bits per heavy atom. The highest BCUT2D eigenvalue weighted by atomic mass is 35.5. The second-order valence-electron chi connectivity index (χ2n) is 3.90. The molecule has 2 aromatic rings. The maximum atomic E-state index is 6.11. The summed E-state index contributed by atoms with van der Waals surface area (Å²) in [5, 5.41) is 0.586. The number of rotatable bonds is 1. The number of hydrogen-bond acceptors (Lipinski definition) is 2. The fourth-order valence-electron chi connectivity index (χ4n) is 1.55. The van der Waals surface area contributed by atoms with Crippen molar-refractivity contribution >= 4 is 17.3 Å². The van der Waals surface area contributed by atoms with Gasteiger partial charge in [0.25, 0.3) is 0 Å². The molecule has 0 aliphatic heterocycles. The molecule has 0 aliphatic carbocycles. The first-order valence-electron chi connectivity index (χ1n) is 5.06. The molecule has 16 heavy (non-hydrogen) atoms. The van der Waals surface area contributed by atoms with E-state index in [2.05, 4.69) is 31.0 Å². The van der Waals surface area contributed by atoms with Crippen LogP contribution in [0.5, 0.6) is 0 Å². The third-order valence-corrected chi connectivity index (χ3v) is 2.93. The molecule has 0 aliphatic rings. The maximum absolute atomic E-state index is 6.11. The average molecular weight is 233 g/mol. The van der Waals surface area contributed by atoms with Crippen molar-refractivity contribution in [2.75, 3.05) is 5.73 Å². The van der Waals surface area contributed by atoms with Crippen molar-refractivity contribution in [3.8, 4) is 11.3 Å². The highest BCUT2D eigenvalue weighted by Gasteiger charge is 2.06. The van der Waals surface area contributed by atoms with Crippen molar-refractivity contribution in [1.29, 1.82) is 0 Å². The predicted octanol–water partition coefficient (Wildman–Crippen LogP) is 3.60. The van der Waals surface area contributed by atoms with Gasteiger partial charge in [-0.3, -0.25) is 4.98 Å². The van der Waals surface area contributed by atoms with Crippen LogP contribution in [0.15, 0.2) is 30.5 Å². The van der Waals surface area contributed by atoms with Gasteiger partial charge in [-0.05, 0) is 37.1 Å². The normalized spacial score (nSPS) is 10.4. The predicted molar refractivity (Wildman–Crippen MR) is 68.6 cm³/mol. The van der Waals surface area contributed by atoms with Gasteiger partial charge in [0.05, 0.1) is 22.6 Å². The maximum Gasteiger partial charge on any atom is 0.0889 e. The van der Waals surface area contributed by atoms with Gasteiger partial charge in [0.1, 0.15) is 0 Å². The Labute approximate surface area is 100 Å². The van der Waals surface area contributed by atoms with E-state index in [1.807, 2.05) is 6.07 Å². The Morgan fingerprint density at radius 1 is 1.12 bits per heavy atom. The van der Waals surface area contributed by atoms with E-state index < -0.39 is 0 Å². The number of halogens is 1. The zero-order valence-corrected chi connectivity index (χ0v) is 10.0. The van der Waals surface area contributed by atoms with Crippen LogP contribution in [0.1, 0.15) is 11.1 Å². The lowest BCUT2D eigenvalue weighted by Crippen LogP contribution is -1.91. The van der Waals surface area contributed by atoms with Gasteiger partial charge in [0.2, 0.25) is 0 Å². The topological polar surface area (TPSA) is 38.9 Å². The molecular weight excluding hydrogens is 220 g/mol. The van der Waals surface area contributed by atoms with Crippen LogP contribution in [-0.4, -0.2) is 4.98 Å². The number of nitrogens with zero attached hydrogens (tertiary/aromatic N) is 1. The third-order valence-electron chi connectivity index (χ3n) is 2.64. The van der Waals surface area contributed by atoms with E-state index in [0.29, 0.717) is 10.7 Å². The second kappa shape index (κ2) is 4.14. The number of nitrogens with two attached hydrogens (primary N) is 1. The van der Waals surface area contributed by atoms with Crippen molar-refractivity contribution in [2.45, 2.75) is 13.8 Å². The quantitative estimate of drug-likeness (QED) is 0.816. The summed E-state index contributed by atoms with van der Waals surface area (Å²) in [6, 6.07) is 7.89. The number of aryl methyl sites for hydroxylation is 2. The number of benzene rings is 1. The Morgan fingerprint density at radius 3 is 2.50 bits per heavy atom. The monoisotopic (exact) mass is 232 g/mol. The standard InChI is InChI=1S/C13H13ClN2/c1-8-3-4-10(5-9(8)2)13-12(14)6-11(15)7-16-13/h3-7H,15H2,1-2H3. The van der Waals surface area contributed by atoms with Crippen LogP contribution in [-0.2, 0) is 0 Å². The van der Waals surface area contributed by atoms with Gasteiger partial charge in [-0.25, -0.2) is 0 Å². The summed E-state index contributed by atoms with van der Waals surface area (Å²) in [7, 11) is 0. The minimum Gasteiger partial charge on any atom is -0.397 e. The zero-order chi connectivity index (χ0) is 11.7. The number of hydrogen-bond donors (Lipinski definition) is 1. The Balaban J connectivity index is 2.54. The fraction of sp³-hybridized carbons (Fsp3) is 0.154. The number of pyridine rings is 1. The van der Waals surface area contributed by atoms with Crippen molar-refractivity contribution < 1.29 is 0 Å². The third kappa shape index (κ3) is 2.02. The molecule has 0 saturated heterocycles. The molecule has 1 aromatic heterocycles. The van der Waals surface area contributed by atoms with Crippen LogP contribution in [0.3, 0.4) is 0 Å². The van der Waals surface area contributed by atoms with E-state index in [9.17, 15) is 0 Å². The van der Waals surface area contributed by atoms with Gasteiger partial charge in [-0.15, -0.1) is 0 Å². The molecule has 0 saturated carbocycles. The minimum atomic E-state index is 0.581. The lowest BCUT2D eigenvalue weighted by atomic mass is 10.0. The van der Waals surface area contributed by atoms with Crippen molar-refractivity contribution in [1.82, 2.24) is 4.98 Å². The first kappa shape index (κ1) is 11.0. The van der Waals surface area contributed by atoms with Crippen LogP contribution in [0.25, 0.3) is 11.3 Å². The SMILES string of the molecule is Cc1ccc(-c2ncc(N)cc2Cl)cc1C. The Bertz CT molecular complexity index is 535. The molecule has 0 radical (unpaired) electrons. The van der Waals surface area contributed by atoms with Crippen molar-refractivity contribution in [2.24, 2.45) is 0 Å². The van der Waals surface area contributed by atoms with Gasteiger partial charge in [-0.1, -0.05) is 23.7 Å². The molecule has 2 N–H and O–H groups in total. The second-order valence-corrected chi connectivity index (χ2v) is 4.31. The van der Waals surface area contributed by atoms with Crippen LogP contribution < -0.4 is 5.73 Å². The molecule has 0 bridgehead atoms. The lowest BCUT2D eigenvalue weighted by Gasteiger charge is -2.07. The van der Waals surface area contributed by atoms with Gasteiger partial charge in [-0.2, -0.15) is 0 Å². The van der Waals surface area contributed by atoms with Gasteiger partial charge >= 0.3 is 0 Å². The Kier molecular flexibility index (Phi) is 2.84. The summed E-state index contributed by atoms with van der Waals surface area (Å²) in [4.78, 5) is 4.26. The van der Waals surface area contributed by atoms with Crippen molar-refractivity contribution in [3.05, 3.63) is 46.6 Å². The van der Waals surface area contributed by atoms with E-state index in [0.717, 1.165) is 11.3 Å². The van der Waals surface area contributed by atoms with Gasteiger partial charge in [0, 0.05) is 5.56 Å². The molecule has 2 nitrogen and oxygen atoms in total. The summed E-state index contributed by atoms with van der Waals surface area (Å²) in [6.45, 7) is 4.15. The summed E-state index contributed by atoms with van der Waals surface area (Å²) in [5.74, 6) is 0. The molecule has 82 valence electrons. The largest absolute Gasteiger partial charge is 0.397 e. The summed E-state index contributed by atoms with van der Waals surface area (Å²) in [5.41, 5.74) is 10.5. The zero-order valence-electron chi connectivity index (χ0n) is 9.29. The van der Waals surface area contributed by atoms with Crippen LogP contribution in [0.2, 0.25) is 5.02 Å². The molecule has 2 rings (SSSR count). The molecule has 0 fully saturated rings. The molecule has 0 atom stereocenters. The number of aromatic nitrogens is 1. The van der Waals surface area contributed by atoms with Crippen molar-refractivity contribution in [3.63, 3.8) is 0 Å². The average Bonchev–Trinajstić information content (AvgIpc) is 2.22. The number of anilines is 1. The van der Waals surface area contributed by atoms with Crippen LogP contribution in [0.4, 0.5) is 5.69 Å². The van der Waals surface area contributed by atoms with Gasteiger partial charge in [0.15, 0.2) is 0 Å².